The van der Waals surface area contributed by atoms with Crippen LogP contribution in [0.5, 0.6) is 0 Å². The van der Waals surface area contributed by atoms with Crippen LogP contribution in [0.15, 0.2) is 4.52 Å². The average molecular weight is 253 g/mol. The molecule has 2 heterocycles. The van der Waals surface area contributed by atoms with Gasteiger partial charge in [-0.3, -0.25) is 0 Å². The van der Waals surface area contributed by atoms with E-state index in [1.165, 1.54) is 12.8 Å². The molecule has 1 aliphatic rings. The second kappa shape index (κ2) is 6.85. The Morgan fingerprint density at radius 3 is 3.06 bits per heavy atom. The van der Waals surface area contributed by atoms with E-state index < -0.39 is 0 Å². The summed E-state index contributed by atoms with van der Waals surface area (Å²) in [6, 6.07) is 0.372. The van der Waals surface area contributed by atoms with Crippen molar-refractivity contribution in [1.82, 2.24) is 15.5 Å². The van der Waals surface area contributed by atoms with Crippen LogP contribution in [-0.2, 0) is 17.6 Å². The summed E-state index contributed by atoms with van der Waals surface area (Å²) in [7, 11) is 1.94. The number of aryl methyl sites for hydroxylation is 1. The second-order valence-corrected chi connectivity index (χ2v) is 5.03. The molecule has 1 N–H and O–H groups in total. The minimum Gasteiger partial charge on any atom is -0.378 e. The fourth-order valence-electron chi connectivity index (χ4n) is 2.17. The largest absolute Gasteiger partial charge is 0.378 e. The summed E-state index contributed by atoms with van der Waals surface area (Å²) in [5.41, 5.74) is 0. The fraction of sp³-hybridized carbons (Fsp3) is 0.846. The third-order valence-corrected chi connectivity index (χ3v) is 3.45. The zero-order valence-corrected chi connectivity index (χ0v) is 11.3. The Hall–Kier alpha value is -0.940. The highest BCUT2D eigenvalue weighted by atomic mass is 16.5. The number of nitrogens with zero attached hydrogens (tertiary/aromatic N) is 2. The maximum absolute atomic E-state index is 5.69. The van der Waals surface area contributed by atoms with Crippen LogP contribution in [0.3, 0.4) is 0 Å². The van der Waals surface area contributed by atoms with Gasteiger partial charge in [-0.05, 0) is 39.7 Å². The number of hydrogen-bond donors (Lipinski definition) is 1. The lowest BCUT2D eigenvalue weighted by Gasteiger charge is -2.21. The summed E-state index contributed by atoms with van der Waals surface area (Å²) < 4.78 is 10.9. The molecular weight excluding hydrogens is 230 g/mol. The molecule has 0 aliphatic carbocycles. The van der Waals surface area contributed by atoms with E-state index in [1.807, 2.05) is 7.05 Å². The molecule has 0 amide bonds. The highest BCUT2D eigenvalue weighted by Gasteiger charge is 2.16. The van der Waals surface area contributed by atoms with Crippen LogP contribution >= 0.6 is 0 Å². The van der Waals surface area contributed by atoms with Crippen molar-refractivity contribution in [3.63, 3.8) is 0 Å². The number of ether oxygens (including phenoxy) is 1. The Morgan fingerprint density at radius 1 is 1.44 bits per heavy atom. The lowest BCUT2D eigenvalue weighted by atomic mass is 10.0. The van der Waals surface area contributed by atoms with Gasteiger partial charge in [-0.15, -0.1) is 0 Å². The van der Waals surface area contributed by atoms with Crippen molar-refractivity contribution in [2.24, 2.45) is 0 Å². The molecule has 18 heavy (non-hydrogen) atoms. The molecule has 0 spiro atoms. The highest BCUT2D eigenvalue weighted by molar-refractivity contribution is 4.89. The summed E-state index contributed by atoms with van der Waals surface area (Å²) in [6.45, 7) is 3.01. The average Bonchev–Trinajstić information content (AvgIpc) is 2.85. The predicted molar refractivity (Wildman–Crippen MR) is 68.4 cm³/mol. The van der Waals surface area contributed by atoms with E-state index in [2.05, 4.69) is 22.4 Å². The Kier molecular flexibility index (Phi) is 5.13. The Bertz CT molecular complexity index is 348. The van der Waals surface area contributed by atoms with Gasteiger partial charge in [-0.2, -0.15) is 4.98 Å². The molecule has 1 aromatic heterocycles. The van der Waals surface area contributed by atoms with Crippen LogP contribution < -0.4 is 5.32 Å². The van der Waals surface area contributed by atoms with Crippen LogP contribution in [-0.4, -0.2) is 35.9 Å². The van der Waals surface area contributed by atoms with Crippen molar-refractivity contribution in [2.75, 3.05) is 13.7 Å². The Morgan fingerprint density at radius 2 is 2.33 bits per heavy atom. The molecule has 0 saturated carbocycles. The van der Waals surface area contributed by atoms with E-state index in [0.29, 0.717) is 12.1 Å². The van der Waals surface area contributed by atoms with Crippen molar-refractivity contribution in [3.8, 4) is 0 Å². The van der Waals surface area contributed by atoms with Gasteiger partial charge in [0.15, 0.2) is 5.82 Å². The number of likely N-dealkylation sites (N-methyl/N-ethyl adjacent to an activating group) is 1. The van der Waals surface area contributed by atoms with Gasteiger partial charge in [-0.25, -0.2) is 0 Å². The summed E-state index contributed by atoms with van der Waals surface area (Å²) >= 11 is 0. The van der Waals surface area contributed by atoms with Crippen LogP contribution in [0.2, 0.25) is 0 Å². The van der Waals surface area contributed by atoms with Crippen molar-refractivity contribution in [1.29, 1.82) is 0 Å². The Labute approximate surface area is 108 Å². The van der Waals surface area contributed by atoms with Crippen LogP contribution in [0.25, 0.3) is 0 Å². The van der Waals surface area contributed by atoms with Gasteiger partial charge < -0.3 is 14.6 Å². The third kappa shape index (κ3) is 4.07. The SMILES string of the molecule is CNC(C)Cc1noc(CCC2CCCCO2)n1. The first-order valence-corrected chi connectivity index (χ1v) is 6.88. The molecular formula is C13H23N3O2. The van der Waals surface area contributed by atoms with E-state index >= 15 is 0 Å². The number of nitrogens with one attached hydrogen (secondary N) is 1. The lowest BCUT2D eigenvalue weighted by Crippen LogP contribution is -2.24. The topological polar surface area (TPSA) is 60.2 Å². The van der Waals surface area contributed by atoms with Gasteiger partial charge in [0, 0.05) is 25.5 Å². The monoisotopic (exact) mass is 253 g/mol. The molecule has 102 valence electrons. The van der Waals surface area contributed by atoms with Crippen LogP contribution in [0.4, 0.5) is 0 Å². The van der Waals surface area contributed by atoms with Gasteiger partial charge in [0.2, 0.25) is 5.89 Å². The predicted octanol–water partition coefficient (Wildman–Crippen LogP) is 1.72. The second-order valence-electron chi connectivity index (χ2n) is 5.03. The van der Waals surface area contributed by atoms with Gasteiger partial charge >= 0.3 is 0 Å². The fourth-order valence-corrected chi connectivity index (χ4v) is 2.17. The third-order valence-electron chi connectivity index (χ3n) is 3.45. The maximum atomic E-state index is 5.69. The molecule has 0 radical (unpaired) electrons. The van der Waals surface area contributed by atoms with E-state index in [0.717, 1.165) is 44.0 Å². The summed E-state index contributed by atoms with van der Waals surface area (Å²) in [5, 5.41) is 7.17. The molecule has 1 aliphatic heterocycles. The van der Waals surface area contributed by atoms with Crippen molar-refractivity contribution in [2.45, 2.75) is 57.6 Å². The molecule has 1 saturated heterocycles. The minimum atomic E-state index is 0.372. The van der Waals surface area contributed by atoms with Gasteiger partial charge in [0.05, 0.1) is 6.10 Å². The molecule has 2 rings (SSSR count). The first-order valence-electron chi connectivity index (χ1n) is 6.88. The van der Waals surface area contributed by atoms with E-state index in [-0.39, 0.29) is 0 Å². The highest BCUT2D eigenvalue weighted by Crippen LogP contribution is 2.17. The first-order chi connectivity index (χ1) is 8.78. The molecule has 1 fully saturated rings. The van der Waals surface area contributed by atoms with E-state index in [9.17, 15) is 0 Å². The molecule has 5 heteroatoms. The first kappa shape index (κ1) is 13.5. The van der Waals surface area contributed by atoms with Gasteiger partial charge in [0.1, 0.15) is 0 Å². The summed E-state index contributed by atoms with van der Waals surface area (Å²) in [6.07, 6.45) is 6.64. The summed E-state index contributed by atoms with van der Waals surface area (Å²) in [4.78, 5) is 4.41. The smallest absolute Gasteiger partial charge is 0.226 e. The van der Waals surface area contributed by atoms with Crippen molar-refractivity contribution < 1.29 is 9.26 Å². The van der Waals surface area contributed by atoms with Crippen LogP contribution in [0.1, 0.15) is 44.3 Å². The van der Waals surface area contributed by atoms with Crippen molar-refractivity contribution >= 4 is 0 Å². The molecule has 5 nitrogen and oxygen atoms in total. The van der Waals surface area contributed by atoms with E-state index in [1.54, 1.807) is 0 Å². The summed E-state index contributed by atoms with van der Waals surface area (Å²) in [5.74, 6) is 1.53. The van der Waals surface area contributed by atoms with Gasteiger partial charge in [0.25, 0.3) is 0 Å². The molecule has 2 atom stereocenters. The lowest BCUT2D eigenvalue weighted by molar-refractivity contribution is 0.0104. The minimum absolute atomic E-state index is 0.372. The number of aromatic nitrogens is 2. The van der Waals surface area contributed by atoms with Crippen LogP contribution in [0, 0.1) is 0 Å². The quantitative estimate of drug-likeness (QED) is 0.836. The van der Waals surface area contributed by atoms with Gasteiger partial charge in [-0.1, -0.05) is 5.16 Å². The molecule has 2 unspecified atom stereocenters. The number of rotatable bonds is 6. The standard InChI is InChI=1S/C13H23N3O2/c1-10(14-2)9-12-15-13(18-16-12)7-6-11-5-3-4-8-17-11/h10-11,14H,3-9H2,1-2H3. The maximum Gasteiger partial charge on any atom is 0.226 e. The zero-order valence-electron chi connectivity index (χ0n) is 11.3. The van der Waals surface area contributed by atoms with E-state index in [4.69, 9.17) is 9.26 Å². The number of hydrogen-bond acceptors (Lipinski definition) is 5. The molecule has 0 bridgehead atoms. The molecule has 1 aromatic rings. The molecule has 0 aromatic carbocycles. The normalized spacial score (nSPS) is 22.0. The zero-order chi connectivity index (χ0) is 12.8. The Balaban J connectivity index is 1.75. The van der Waals surface area contributed by atoms with Crippen molar-refractivity contribution in [3.05, 3.63) is 11.7 Å².